The van der Waals surface area contributed by atoms with Gasteiger partial charge in [-0.3, -0.25) is 4.79 Å². The smallest absolute Gasteiger partial charge is 0.302 e. The summed E-state index contributed by atoms with van der Waals surface area (Å²) in [4.78, 5) is 21.7. The highest BCUT2D eigenvalue weighted by atomic mass is 35.5. The van der Waals surface area contributed by atoms with E-state index in [1.807, 2.05) is 6.20 Å². The number of carbonyl (C=O) groups excluding carboxylic acids is 1. The Balaban J connectivity index is 0.000000210. The Hall–Kier alpha value is -3.33. The van der Waals surface area contributed by atoms with Gasteiger partial charge in [0.1, 0.15) is 5.60 Å². The third-order valence-electron chi connectivity index (χ3n) is 10.0. The monoisotopic (exact) mass is 602 g/mol. The van der Waals surface area contributed by atoms with Gasteiger partial charge in [-0.2, -0.15) is 4.99 Å². The normalized spacial score (nSPS) is 32.7. The largest absolute Gasteiger partial charge is 0.382 e. The van der Waals surface area contributed by atoms with Crippen molar-refractivity contribution in [1.29, 1.82) is 0 Å². The number of allylic oxidation sites excluding steroid dienone is 1. The fourth-order valence-electron chi connectivity index (χ4n) is 7.91. The van der Waals surface area contributed by atoms with Crippen LogP contribution in [0.5, 0.6) is 0 Å². The molecule has 9 N–H and O–H groups in total. The van der Waals surface area contributed by atoms with E-state index in [9.17, 15) is 9.90 Å². The Morgan fingerprint density at radius 1 is 1.17 bits per heavy atom. The van der Waals surface area contributed by atoms with Gasteiger partial charge in [0.05, 0.1) is 6.20 Å². The number of aliphatic hydroxyl groups is 1. The van der Waals surface area contributed by atoms with Crippen LogP contribution in [0.1, 0.15) is 74.2 Å². The Morgan fingerprint density at radius 3 is 2.56 bits per heavy atom. The lowest BCUT2D eigenvalue weighted by atomic mass is 9.46. The average molecular weight is 604 g/mol. The molecule has 4 aliphatic rings. The van der Waals surface area contributed by atoms with Crippen LogP contribution in [0.3, 0.4) is 0 Å². The summed E-state index contributed by atoms with van der Waals surface area (Å²) >= 11 is 5.55. The average Bonchev–Trinajstić information content (AvgIpc) is 3.45. The first-order valence-corrected chi connectivity index (χ1v) is 13.8. The first-order valence-electron chi connectivity index (χ1n) is 13.4. The van der Waals surface area contributed by atoms with E-state index in [-0.39, 0.29) is 45.7 Å². The van der Waals surface area contributed by atoms with Gasteiger partial charge in [-0.1, -0.05) is 42.1 Å². The molecule has 41 heavy (non-hydrogen) atoms. The van der Waals surface area contributed by atoms with E-state index in [0.717, 1.165) is 44.3 Å². The number of nitrogens with two attached hydrogens (primary N) is 4. The zero-order valence-electron chi connectivity index (χ0n) is 23.1. The first kappa shape index (κ1) is 30.6. The molecule has 1 amide bonds. The van der Waals surface area contributed by atoms with Gasteiger partial charge < -0.3 is 32.6 Å². The third-order valence-corrected chi connectivity index (χ3v) is 10.3. The minimum Gasteiger partial charge on any atom is -0.382 e. The van der Waals surface area contributed by atoms with Crippen molar-refractivity contribution < 1.29 is 14.4 Å². The summed E-state index contributed by atoms with van der Waals surface area (Å²) in [5, 5.41) is 15.0. The van der Waals surface area contributed by atoms with Crippen molar-refractivity contribution in [3.63, 3.8) is 0 Å². The molecule has 0 aromatic carbocycles. The number of halogens is 2. The molecule has 6 atom stereocenters. The molecule has 2 aromatic heterocycles. The maximum absolute atomic E-state index is 11.3. The summed E-state index contributed by atoms with van der Waals surface area (Å²) < 4.78 is 5.43. The molecule has 0 spiro atoms. The van der Waals surface area contributed by atoms with Gasteiger partial charge in [-0.15, -0.1) is 18.8 Å². The molecule has 3 saturated carbocycles. The number of carbonyl (C=O) groups is 1. The Kier molecular flexibility index (Phi) is 8.08. The molecule has 0 bridgehead atoms. The van der Waals surface area contributed by atoms with E-state index in [4.69, 9.17) is 45.5 Å². The highest BCUT2D eigenvalue weighted by molar-refractivity contribution is 6.31. The molecular formula is C28H36Cl2N8O3. The number of guanidine groups is 1. The van der Waals surface area contributed by atoms with E-state index in [0.29, 0.717) is 17.8 Å². The fraction of sp³-hybridized carbons (Fsp3) is 0.536. The van der Waals surface area contributed by atoms with Crippen LogP contribution in [0.15, 0.2) is 21.3 Å². The van der Waals surface area contributed by atoms with Gasteiger partial charge >= 0.3 is 5.91 Å². The molecule has 220 valence electrons. The Labute approximate surface area is 250 Å². The van der Waals surface area contributed by atoms with E-state index < -0.39 is 17.5 Å². The van der Waals surface area contributed by atoms with Crippen molar-refractivity contribution in [2.45, 2.75) is 64.4 Å². The van der Waals surface area contributed by atoms with Crippen molar-refractivity contribution in [3.05, 3.63) is 33.9 Å². The van der Waals surface area contributed by atoms with Crippen molar-refractivity contribution in [2.24, 2.45) is 45.0 Å². The number of nitrogens with zero attached hydrogens (tertiary/aromatic N) is 4. The molecule has 13 heteroatoms. The number of hydrogen-bond donors (Lipinski definition) is 5. The highest BCUT2D eigenvalue weighted by Crippen LogP contribution is 2.67. The zero-order chi connectivity index (χ0) is 29.0. The van der Waals surface area contributed by atoms with Crippen LogP contribution in [0, 0.1) is 40.9 Å². The van der Waals surface area contributed by atoms with E-state index in [1.54, 1.807) is 5.57 Å². The fourth-order valence-corrected chi connectivity index (χ4v) is 8.03. The first-order chi connectivity index (χ1) is 18.8. The lowest BCUT2D eigenvalue weighted by Crippen LogP contribution is -2.54. The van der Waals surface area contributed by atoms with Crippen LogP contribution in [-0.2, 0) is 6.42 Å². The molecule has 6 rings (SSSR count). The predicted molar refractivity (Wildman–Crippen MR) is 160 cm³/mol. The summed E-state index contributed by atoms with van der Waals surface area (Å²) in [7, 11) is 0. The number of aromatic nitrogens is 3. The predicted octanol–water partition coefficient (Wildman–Crippen LogP) is 3.35. The van der Waals surface area contributed by atoms with Gasteiger partial charge in [-0.25, -0.2) is 9.97 Å². The molecule has 2 heterocycles. The van der Waals surface area contributed by atoms with E-state index >= 15 is 0 Å². The van der Waals surface area contributed by atoms with Gasteiger partial charge in [0.25, 0.3) is 0 Å². The molecular weight excluding hydrogens is 567 g/mol. The third kappa shape index (κ3) is 4.92. The van der Waals surface area contributed by atoms with Crippen molar-refractivity contribution in [2.75, 3.05) is 11.5 Å². The van der Waals surface area contributed by atoms with Crippen LogP contribution in [0.25, 0.3) is 6.08 Å². The molecule has 0 saturated heterocycles. The summed E-state index contributed by atoms with van der Waals surface area (Å²) in [6.07, 6.45) is 17.4. The maximum Gasteiger partial charge on any atom is 0.302 e. The van der Waals surface area contributed by atoms with E-state index in [2.05, 4.69) is 46.0 Å². The number of anilines is 2. The molecule has 0 radical (unpaired) electrons. The molecule has 4 aliphatic carbocycles. The molecule has 3 fully saturated rings. The van der Waals surface area contributed by atoms with Gasteiger partial charge in [0.15, 0.2) is 34.2 Å². The number of fused-ring (bicyclic) bond motifs is 6. The van der Waals surface area contributed by atoms with E-state index in [1.165, 1.54) is 12.0 Å². The number of rotatable bonds is 1. The number of amides is 1. The number of hydrogen-bond acceptors (Lipinski definition) is 8. The van der Waals surface area contributed by atoms with Crippen LogP contribution < -0.4 is 22.9 Å². The lowest BCUT2D eigenvalue weighted by Gasteiger charge is -2.58. The second kappa shape index (κ2) is 10.8. The number of aliphatic imine (C=N–C) groups is 1. The lowest BCUT2D eigenvalue weighted by molar-refractivity contribution is -0.0975. The second-order valence-corrected chi connectivity index (χ2v) is 12.2. The number of nitrogen functional groups attached to an aromatic ring is 2. The topological polar surface area (TPSA) is 206 Å². The highest BCUT2D eigenvalue weighted by Gasteiger charge is 2.63. The Morgan fingerprint density at radius 2 is 1.88 bits per heavy atom. The number of terminal acetylenes is 1. The summed E-state index contributed by atoms with van der Waals surface area (Å²) in [5.41, 5.74) is 22.5. The minimum absolute atomic E-state index is 0. The molecule has 2 aromatic rings. The summed E-state index contributed by atoms with van der Waals surface area (Å²) in [6, 6.07) is 0. The minimum atomic E-state index is -0.909. The summed E-state index contributed by atoms with van der Waals surface area (Å²) in [6.45, 7) is 4.71. The van der Waals surface area contributed by atoms with Crippen molar-refractivity contribution in [1.82, 2.24) is 15.1 Å². The van der Waals surface area contributed by atoms with Crippen LogP contribution >= 0.6 is 24.0 Å². The van der Waals surface area contributed by atoms with Crippen molar-refractivity contribution >= 4 is 53.6 Å². The van der Waals surface area contributed by atoms with Crippen molar-refractivity contribution in [3.8, 4) is 12.3 Å². The van der Waals surface area contributed by atoms with Crippen LogP contribution in [-0.4, -0.2) is 37.7 Å². The molecule has 0 aliphatic heterocycles. The van der Waals surface area contributed by atoms with Crippen LogP contribution in [0.4, 0.5) is 11.6 Å². The quantitative estimate of drug-likeness (QED) is 0.183. The zero-order valence-corrected chi connectivity index (χ0v) is 24.6. The molecule has 6 unspecified atom stereocenters. The standard InChI is InChI=1S/C22H27NO2.C6H8ClN7O.ClH/c1-4-22(24)10-8-18-16-6-5-15-11-19-14(13-23-25-19)12-20(15,2)17(16)7-9-21(18,22)3;7-2-4(9)13-3(8)1(12-2)5(15)14-6(10)11;/h1,11,13,16-18,24H,5-10,12H2,2-3H3;(H4,8,9,13)(H4,10,11,14,15);1H. The second-order valence-electron chi connectivity index (χ2n) is 11.9. The van der Waals surface area contributed by atoms with Gasteiger partial charge in [-0.05, 0) is 74.2 Å². The van der Waals surface area contributed by atoms with Gasteiger partial charge in [0.2, 0.25) is 0 Å². The maximum atomic E-state index is 11.3. The Bertz CT molecular complexity index is 1460. The summed E-state index contributed by atoms with van der Waals surface area (Å²) in [5.74, 6) is 4.14. The molecule has 11 nitrogen and oxygen atoms in total. The SMILES string of the molecule is C#CC1(O)CCC2C3CCC4=Cc5oncc5CC4(C)C3CCC21C.Cl.NC(N)=NC(=O)c1nc(Cl)c(N)nc1N. The van der Waals surface area contributed by atoms with Gasteiger partial charge in [0, 0.05) is 11.0 Å². The van der Waals surface area contributed by atoms with Crippen LogP contribution in [0.2, 0.25) is 5.15 Å².